The number of methoxy groups -OCH3 is 1. The van der Waals surface area contributed by atoms with Gasteiger partial charge in [0.2, 0.25) is 0 Å². The Morgan fingerprint density at radius 1 is 1.55 bits per heavy atom. The van der Waals surface area contributed by atoms with Gasteiger partial charge >= 0.3 is 0 Å². The molecule has 110 valence electrons. The van der Waals surface area contributed by atoms with Crippen molar-refractivity contribution in [3.8, 4) is 0 Å². The number of rotatable bonds is 4. The zero-order chi connectivity index (χ0) is 14.5. The predicted octanol–water partition coefficient (Wildman–Crippen LogP) is 2.88. The SMILES string of the molecule is COCCCNC(=S)N1c2ccc(F)cc2CCC1C. The number of hydrogen-bond donors (Lipinski definition) is 1. The highest BCUT2D eigenvalue weighted by Gasteiger charge is 2.26. The minimum Gasteiger partial charge on any atom is -0.385 e. The number of benzene rings is 1. The van der Waals surface area contributed by atoms with Crippen LogP contribution in [0.25, 0.3) is 0 Å². The summed E-state index contributed by atoms with van der Waals surface area (Å²) in [6, 6.07) is 5.26. The molecule has 1 atom stereocenters. The van der Waals surface area contributed by atoms with Gasteiger partial charge in [-0.05, 0) is 62.2 Å². The number of halogens is 1. The fraction of sp³-hybridized carbons (Fsp3) is 0.533. The monoisotopic (exact) mass is 296 g/mol. The molecule has 0 radical (unpaired) electrons. The summed E-state index contributed by atoms with van der Waals surface area (Å²) in [6.45, 7) is 3.65. The van der Waals surface area contributed by atoms with Crippen molar-refractivity contribution in [2.24, 2.45) is 0 Å². The highest BCUT2D eigenvalue weighted by Crippen LogP contribution is 2.31. The molecule has 1 N–H and O–H groups in total. The molecule has 3 nitrogen and oxygen atoms in total. The molecular weight excluding hydrogens is 275 g/mol. The van der Waals surface area contributed by atoms with Gasteiger partial charge in [0.1, 0.15) is 5.82 Å². The minimum absolute atomic E-state index is 0.183. The molecular formula is C15H21FN2OS. The normalized spacial score (nSPS) is 17.8. The maximum absolute atomic E-state index is 13.3. The topological polar surface area (TPSA) is 24.5 Å². The number of anilines is 1. The van der Waals surface area contributed by atoms with Crippen LogP contribution in [0.5, 0.6) is 0 Å². The van der Waals surface area contributed by atoms with Crippen LogP contribution < -0.4 is 10.2 Å². The van der Waals surface area contributed by atoms with Gasteiger partial charge in [-0.1, -0.05) is 0 Å². The van der Waals surface area contributed by atoms with Crippen LogP contribution in [-0.2, 0) is 11.2 Å². The summed E-state index contributed by atoms with van der Waals surface area (Å²) in [4.78, 5) is 2.10. The van der Waals surface area contributed by atoms with Crippen LogP contribution in [0.1, 0.15) is 25.3 Å². The van der Waals surface area contributed by atoms with Crippen LogP contribution in [0, 0.1) is 5.82 Å². The summed E-state index contributed by atoms with van der Waals surface area (Å²) in [5.74, 6) is -0.183. The van der Waals surface area contributed by atoms with Crippen molar-refractivity contribution in [3.05, 3.63) is 29.6 Å². The molecule has 0 aromatic heterocycles. The lowest BCUT2D eigenvalue weighted by molar-refractivity contribution is 0.195. The number of aryl methyl sites for hydroxylation is 1. The average molecular weight is 296 g/mol. The number of ether oxygens (including phenoxy) is 1. The Morgan fingerprint density at radius 3 is 3.10 bits per heavy atom. The molecule has 0 amide bonds. The van der Waals surface area contributed by atoms with E-state index in [1.165, 1.54) is 6.07 Å². The van der Waals surface area contributed by atoms with Gasteiger partial charge in [0.25, 0.3) is 0 Å². The summed E-state index contributed by atoms with van der Waals surface area (Å²) in [5, 5.41) is 3.97. The van der Waals surface area contributed by atoms with Gasteiger partial charge in [-0.15, -0.1) is 0 Å². The van der Waals surface area contributed by atoms with Gasteiger partial charge in [0.05, 0.1) is 0 Å². The van der Waals surface area contributed by atoms with Crippen molar-refractivity contribution in [2.75, 3.05) is 25.2 Å². The van der Waals surface area contributed by atoms with Crippen molar-refractivity contribution in [3.63, 3.8) is 0 Å². The third-order valence-electron chi connectivity index (χ3n) is 3.59. The zero-order valence-corrected chi connectivity index (χ0v) is 12.8. The average Bonchev–Trinajstić information content (AvgIpc) is 2.43. The first-order valence-electron chi connectivity index (χ1n) is 6.98. The molecule has 2 rings (SSSR count). The van der Waals surface area contributed by atoms with E-state index in [0.29, 0.717) is 17.8 Å². The van der Waals surface area contributed by atoms with E-state index >= 15 is 0 Å². The maximum atomic E-state index is 13.3. The molecule has 5 heteroatoms. The first-order chi connectivity index (χ1) is 9.63. The molecule has 1 aromatic carbocycles. The summed E-state index contributed by atoms with van der Waals surface area (Å²) in [6.07, 6.45) is 2.79. The van der Waals surface area contributed by atoms with Crippen LogP contribution in [0.15, 0.2) is 18.2 Å². The second-order valence-electron chi connectivity index (χ2n) is 5.11. The highest BCUT2D eigenvalue weighted by atomic mass is 32.1. The summed E-state index contributed by atoms with van der Waals surface area (Å²) in [5.41, 5.74) is 2.05. The highest BCUT2D eigenvalue weighted by molar-refractivity contribution is 7.80. The number of fused-ring (bicyclic) bond motifs is 1. The Bertz CT molecular complexity index is 481. The van der Waals surface area contributed by atoms with E-state index < -0.39 is 0 Å². The largest absolute Gasteiger partial charge is 0.385 e. The summed E-state index contributed by atoms with van der Waals surface area (Å²) < 4.78 is 18.3. The van der Waals surface area contributed by atoms with Gasteiger partial charge < -0.3 is 15.0 Å². The van der Waals surface area contributed by atoms with Crippen molar-refractivity contribution in [1.82, 2.24) is 5.32 Å². The van der Waals surface area contributed by atoms with E-state index in [1.807, 2.05) is 6.07 Å². The Labute approximate surface area is 125 Å². The standard InChI is InChI=1S/C15H21FN2OS/c1-11-4-5-12-10-13(16)6-7-14(12)18(11)15(20)17-8-3-9-19-2/h6-7,10-11H,3-5,8-9H2,1-2H3,(H,17,20). The molecule has 0 bridgehead atoms. The third-order valence-corrected chi connectivity index (χ3v) is 3.93. The molecule has 1 unspecified atom stereocenters. The van der Waals surface area contributed by atoms with E-state index in [1.54, 1.807) is 13.2 Å². The number of thiocarbonyl (C=S) groups is 1. The summed E-state index contributed by atoms with van der Waals surface area (Å²) >= 11 is 5.49. The van der Waals surface area contributed by atoms with Crippen LogP contribution in [0.2, 0.25) is 0 Å². The molecule has 1 aromatic rings. The lowest BCUT2D eigenvalue weighted by Gasteiger charge is -2.37. The Balaban J connectivity index is 2.08. The van der Waals surface area contributed by atoms with Crippen molar-refractivity contribution >= 4 is 23.0 Å². The first kappa shape index (κ1) is 15.2. The Hall–Kier alpha value is -1.20. The molecule has 0 saturated heterocycles. The lowest BCUT2D eigenvalue weighted by atomic mass is 9.97. The van der Waals surface area contributed by atoms with Crippen molar-refractivity contribution < 1.29 is 9.13 Å². The van der Waals surface area contributed by atoms with Gasteiger partial charge in [0.15, 0.2) is 5.11 Å². The fourth-order valence-electron chi connectivity index (χ4n) is 2.53. The smallest absolute Gasteiger partial charge is 0.173 e. The number of nitrogens with one attached hydrogen (secondary N) is 1. The van der Waals surface area contributed by atoms with E-state index in [0.717, 1.165) is 37.1 Å². The molecule has 1 heterocycles. The molecule has 1 aliphatic heterocycles. The van der Waals surface area contributed by atoms with E-state index in [-0.39, 0.29) is 5.82 Å². The molecule has 0 spiro atoms. The number of nitrogens with zero attached hydrogens (tertiary/aromatic N) is 1. The van der Waals surface area contributed by atoms with Gasteiger partial charge in [-0.3, -0.25) is 0 Å². The second kappa shape index (κ2) is 6.99. The third kappa shape index (κ3) is 3.46. The van der Waals surface area contributed by atoms with E-state index in [4.69, 9.17) is 17.0 Å². The summed E-state index contributed by atoms with van der Waals surface area (Å²) in [7, 11) is 1.69. The maximum Gasteiger partial charge on any atom is 0.173 e. The molecule has 0 saturated carbocycles. The molecule has 0 fully saturated rings. The van der Waals surface area contributed by atoms with Crippen LogP contribution in [0.3, 0.4) is 0 Å². The Morgan fingerprint density at radius 2 is 2.35 bits per heavy atom. The molecule has 20 heavy (non-hydrogen) atoms. The van der Waals surface area contributed by atoms with Crippen LogP contribution in [-0.4, -0.2) is 31.4 Å². The van der Waals surface area contributed by atoms with Gasteiger partial charge in [-0.2, -0.15) is 0 Å². The van der Waals surface area contributed by atoms with Gasteiger partial charge in [0, 0.05) is 32.0 Å². The van der Waals surface area contributed by atoms with E-state index in [9.17, 15) is 4.39 Å². The lowest BCUT2D eigenvalue weighted by Crippen LogP contribution is -2.47. The van der Waals surface area contributed by atoms with Crippen LogP contribution in [0.4, 0.5) is 10.1 Å². The predicted molar refractivity (Wildman–Crippen MR) is 83.8 cm³/mol. The van der Waals surface area contributed by atoms with E-state index in [2.05, 4.69) is 17.1 Å². The van der Waals surface area contributed by atoms with Crippen LogP contribution >= 0.6 is 12.2 Å². The fourth-order valence-corrected chi connectivity index (χ4v) is 2.91. The quantitative estimate of drug-likeness (QED) is 0.682. The van der Waals surface area contributed by atoms with Gasteiger partial charge in [-0.25, -0.2) is 4.39 Å². The van der Waals surface area contributed by atoms with Crippen molar-refractivity contribution in [2.45, 2.75) is 32.2 Å². The zero-order valence-electron chi connectivity index (χ0n) is 12.0. The van der Waals surface area contributed by atoms with Crippen molar-refractivity contribution in [1.29, 1.82) is 0 Å². The Kier molecular flexibility index (Phi) is 5.31. The minimum atomic E-state index is -0.183. The molecule has 0 aliphatic carbocycles. The second-order valence-corrected chi connectivity index (χ2v) is 5.50. The molecule has 1 aliphatic rings. The number of hydrogen-bond acceptors (Lipinski definition) is 2. The first-order valence-corrected chi connectivity index (χ1v) is 7.38.